The number of benzene rings is 2. The van der Waals surface area contributed by atoms with Crippen LogP contribution < -0.4 is 5.32 Å². The van der Waals surface area contributed by atoms with Crippen molar-refractivity contribution < 1.29 is 9.28 Å². The highest BCUT2D eigenvalue weighted by molar-refractivity contribution is 5.95. The Morgan fingerprint density at radius 2 is 1.75 bits per heavy atom. The molecule has 3 heteroatoms. The highest BCUT2D eigenvalue weighted by Gasteiger charge is 2.43. The fraction of sp³-hybridized carbons (Fsp3) is 0.480. The standard InChI is InChI=1S/C25H34N2O/c1-5-23(25(28)26-24-19(3)12-10-13-20(24)4)27(6-2)17-11-16-22(18-27)21-14-8-7-9-15-21/h7-10,12-15,22-23H,5-6,11,16-18H2,1-4H3/p+1. The summed E-state index contributed by atoms with van der Waals surface area (Å²) in [6, 6.07) is 17.0. The first-order chi connectivity index (χ1) is 13.5. The molecule has 0 aliphatic carbocycles. The Morgan fingerprint density at radius 3 is 2.36 bits per heavy atom. The summed E-state index contributed by atoms with van der Waals surface area (Å²) in [5, 5.41) is 3.29. The molecule has 28 heavy (non-hydrogen) atoms. The molecule has 3 rings (SSSR count). The van der Waals surface area contributed by atoms with Crippen molar-refractivity contribution in [3.05, 3.63) is 65.2 Å². The SMILES string of the molecule is CCC(C(=O)Nc1c(C)cccc1C)[N+]1(CC)CCCC(c2ccccc2)C1. The van der Waals surface area contributed by atoms with Gasteiger partial charge in [0.05, 0.1) is 19.6 Å². The summed E-state index contributed by atoms with van der Waals surface area (Å²) >= 11 is 0. The Balaban J connectivity index is 1.84. The van der Waals surface area contributed by atoms with Gasteiger partial charge in [0.25, 0.3) is 5.91 Å². The molecule has 0 spiro atoms. The third-order valence-corrected chi connectivity index (χ3v) is 6.72. The van der Waals surface area contributed by atoms with Gasteiger partial charge in [-0.2, -0.15) is 0 Å². The lowest BCUT2D eigenvalue weighted by Gasteiger charge is -2.48. The van der Waals surface area contributed by atoms with Gasteiger partial charge in [0.15, 0.2) is 6.04 Å². The lowest BCUT2D eigenvalue weighted by atomic mass is 9.87. The minimum Gasteiger partial charge on any atom is -0.320 e. The number of anilines is 1. The molecule has 2 aromatic carbocycles. The van der Waals surface area contributed by atoms with E-state index in [0.29, 0.717) is 5.92 Å². The number of nitrogens with zero attached hydrogens (tertiary/aromatic N) is 1. The van der Waals surface area contributed by atoms with Crippen LogP contribution in [0, 0.1) is 13.8 Å². The second-order valence-electron chi connectivity index (χ2n) is 8.37. The van der Waals surface area contributed by atoms with Crippen molar-refractivity contribution in [2.75, 3.05) is 25.0 Å². The van der Waals surface area contributed by atoms with E-state index in [0.717, 1.165) is 47.4 Å². The monoisotopic (exact) mass is 379 g/mol. The van der Waals surface area contributed by atoms with Gasteiger partial charge in [-0.05, 0) is 50.3 Å². The number of quaternary nitrogens is 1. The number of hydrogen-bond donors (Lipinski definition) is 1. The second kappa shape index (κ2) is 8.91. The topological polar surface area (TPSA) is 29.1 Å². The molecule has 3 nitrogen and oxygen atoms in total. The molecule has 2 aromatic rings. The first-order valence-electron chi connectivity index (χ1n) is 10.8. The number of nitrogens with one attached hydrogen (secondary N) is 1. The molecule has 1 fully saturated rings. The van der Waals surface area contributed by atoms with Gasteiger partial charge in [0, 0.05) is 18.0 Å². The van der Waals surface area contributed by atoms with E-state index in [1.54, 1.807) is 0 Å². The summed E-state index contributed by atoms with van der Waals surface area (Å²) in [5.41, 5.74) is 4.67. The summed E-state index contributed by atoms with van der Waals surface area (Å²) < 4.78 is 0.896. The lowest BCUT2D eigenvalue weighted by Crippen LogP contribution is -2.63. The van der Waals surface area contributed by atoms with Crippen LogP contribution in [-0.4, -0.2) is 36.1 Å². The van der Waals surface area contributed by atoms with Crippen LogP contribution >= 0.6 is 0 Å². The zero-order chi connectivity index (χ0) is 20.1. The fourth-order valence-electron chi connectivity index (χ4n) is 5.10. The molecule has 1 aliphatic heterocycles. The number of carbonyl (C=O) groups excluding carboxylic acids is 1. The summed E-state index contributed by atoms with van der Waals surface area (Å²) in [7, 11) is 0. The van der Waals surface area contributed by atoms with Crippen LogP contribution in [0.3, 0.4) is 0 Å². The average molecular weight is 380 g/mol. The number of aryl methyl sites for hydroxylation is 2. The van der Waals surface area contributed by atoms with Crippen molar-refractivity contribution in [2.24, 2.45) is 0 Å². The van der Waals surface area contributed by atoms with Crippen LogP contribution in [0.5, 0.6) is 0 Å². The highest BCUT2D eigenvalue weighted by Crippen LogP contribution is 2.34. The van der Waals surface area contributed by atoms with E-state index in [1.165, 1.54) is 18.4 Å². The number of likely N-dealkylation sites (N-methyl/N-ethyl adjacent to an activating group) is 1. The summed E-state index contributed by atoms with van der Waals surface area (Å²) in [4.78, 5) is 13.4. The molecule has 1 saturated heterocycles. The van der Waals surface area contributed by atoms with Gasteiger partial charge in [-0.3, -0.25) is 4.79 Å². The molecule has 3 unspecified atom stereocenters. The molecule has 150 valence electrons. The molecule has 1 heterocycles. The van der Waals surface area contributed by atoms with Crippen molar-refractivity contribution in [1.29, 1.82) is 0 Å². The minimum atomic E-state index is -0.00415. The molecule has 1 amide bonds. The highest BCUT2D eigenvalue weighted by atomic mass is 16.2. The maximum atomic E-state index is 13.4. The molecular weight excluding hydrogens is 344 g/mol. The van der Waals surface area contributed by atoms with Crippen molar-refractivity contribution in [1.82, 2.24) is 0 Å². The third kappa shape index (κ3) is 4.15. The Morgan fingerprint density at radius 1 is 1.07 bits per heavy atom. The number of carbonyl (C=O) groups is 1. The third-order valence-electron chi connectivity index (χ3n) is 6.72. The van der Waals surface area contributed by atoms with Gasteiger partial charge in [-0.25, -0.2) is 0 Å². The lowest BCUT2D eigenvalue weighted by molar-refractivity contribution is -0.946. The van der Waals surface area contributed by atoms with Crippen LogP contribution in [-0.2, 0) is 4.79 Å². The van der Waals surface area contributed by atoms with Crippen LogP contribution in [0.4, 0.5) is 5.69 Å². The molecule has 1 N–H and O–H groups in total. The first kappa shape index (κ1) is 20.6. The summed E-state index contributed by atoms with van der Waals surface area (Å²) in [6.45, 7) is 11.7. The molecule has 1 aliphatic rings. The Kier molecular flexibility index (Phi) is 6.56. The van der Waals surface area contributed by atoms with Crippen LogP contribution in [0.2, 0.25) is 0 Å². The van der Waals surface area contributed by atoms with Crippen molar-refractivity contribution in [3.8, 4) is 0 Å². The van der Waals surface area contributed by atoms with Gasteiger partial charge in [-0.15, -0.1) is 0 Å². The molecule has 0 radical (unpaired) electrons. The molecule has 0 aromatic heterocycles. The van der Waals surface area contributed by atoms with E-state index in [4.69, 9.17) is 0 Å². The van der Waals surface area contributed by atoms with Gasteiger partial charge in [0.1, 0.15) is 0 Å². The van der Waals surface area contributed by atoms with Crippen LogP contribution in [0.1, 0.15) is 55.7 Å². The first-order valence-corrected chi connectivity index (χ1v) is 10.8. The number of para-hydroxylation sites is 1. The summed E-state index contributed by atoms with van der Waals surface area (Å²) in [6.07, 6.45) is 3.27. The predicted molar refractivity (Wildman–Crippen MR) is 118 cm³/mol. The van der Waals surface area contributed by atoms with E-state index in [9.17, 15) is 4.79 Å². The Hall–Kier alpha value is -2.13. The average Bonchev–Trinajstić information content (AvgIpc) is 2.72. The molecule has 0 saturated carbocycles. The maximum absolute atomic E-state index is 13.4. The fourth-order valence-corrected chi connectivity index (χ4v) is 5.10. The number of amides is 1. The van der Waals surface area contributed by atoms with Crippen molar-refractivity contribution >= 4 is 11.6 Å². The molecular formula is C25H35N2O+. The number of hydrogen-bond acceptors (Lipinski definition) is 1. The van der Waals surface area contributed by atoms with Gasteiger partial charge >= 0.3 is 0 Å². The Bertz CT molecular complexity index is 781. The Labute approximate surface area is 170 Å². The van der Waals surface area contributed by atoms with Gasteiger partial charge in [0.2, 0.25) is 0 Å². The number of likely N-dealkylation sites (tertiary alicyclic amines) is 1. The quantitative estimate of drug-likeness (QED) is 0.666. The number of piperidine rings is 1. The second-order valence-corrected chi connectivity index (χ2v) is 8.37. The van der Waals surface area contributed by atoms with E-state index in [2.05, 4.69) is 75.5 Å². The maximum Gasteiger partial charge on any atom is 0.282 e. The number of rotatable bonds is 6. The van der Waals surface area contributed by atoms with Gasteiger partial charge < -0.3 is 9.80 Å². The molecule has 3 atom stereocenters. The molecule has 0 bridgehead atoms. The zero-order valence-corrected chi connectivity index (χ0v) is 17.9. The van der Waals surface area contributed by atoms with Crippen LogP contribution in [0.25, 0.3) is 0 Å². The van der Waals surface area contributed by atoms with Gasteiger partial charge in [-0.1, -0.05) is 55.5 Å². The zero-order valence-electron chi connectivity index (χ0n) is 17.9. The van der Waals surface area contributed by atoms with E-state index < -0.39 is 0 Å². The smallest absolute Gasteiger partial charge is 0.282 e. The largest absolute Gasteiger partial charge is 0.320 e. The van der Waals surface area contributed by atoms with Crippen molar-refractivity contribution in [3.63, 3.8) is 0 Å². The van der Waals surface area contributed by atoms with E-state index >= 15 is 0 Å². The van der Waals surface area contributed by atoms with Crippen LogP contribution in [0.15, 0.2) is 48.5 Å². The normalized spacial score (nSPS) is 23.2. The summed E-state index contributed by atoms with van der Waals surface area (Å²) in [5.74, 6) is 0.715. The minimum absolute atomic E-state index is 0.00415. The van der Waals surface area contributed by atoms with E-state index in [-0.39, 0.29) is 11.9 Å². The van der Waals surface area contributed by atoms with E-state index in [1.807, 2.05) is 6.07 Å². The predicted octanol–water partition coefficient (Wildman–Crippen LogP) is 5.43. The van der Waals surface area contributed by atoms with Crippen molar-refractivity contribution in [2.45, 2.75) is 58.9 Å².